The van der Waals surface area contributed by atoms with Crippen LogP contribution in [0, 0.1) is 13.8 Å². The Hall–Kier alpha value is -2.42. The van der Waals surface area contributed by atoms with Gasteiger partial charge in [-0.25, -0.2) is 0 Å². The summed E-state index contributed by atoms with van der Waals surface area (Å²) in [6.45, 7) is 5.84. The largest absolute Gasteiger partial charge is 0.304 e. The van der Waals surface area contributed by atoms with Crippen LogP contribution in [0.1, 0.15) is 39.7 Å². The SMILES string of the molecule is CC(=O)c1c(C)cc2n(c1=O)CC(c1ccc(C)cc1)=C2. The number of aromatic nitrogens is 1. The molecule has 0 atom stereocenters. The van der Waals surface area contributed by atoms with Crippen molar-refractivity contribution in [3.05, 3.63) is 68.6 Å². The number of hydrogen-bond donors (Lipinski definition) is 0. The first-order valence-electron chi connectivity index (χ1n) is 7.00. The minimum Gasteiger partial charge on any atom is -0.304 e. The Kier molecular flexibility index (Phi) is 3.13. The van der Waals surface area contributed by atoms with Gasteiger partial charge < -0.3 is 4.57 Å². The Bertz CT molecular complexity index is 824. The molecular weight excluding hydrogens is 262 g/mol. The van der Waals surface area contributed by atoms with Gasteiger partial charge in [0.2, 0.25) is 0 Å². The van der Waals surface area contributed by atoms with Gasteiger partial charge in [0, 0.05) is 5.69 Å². The van der Waals surface area contributed by atoms with Crippen LogP contribution in [0.15, 0.2) is 35.1 Å². The molecular formula is C18H17NO2. The highest BCUT2D eigenvalue weighted by Crippen LogP contribution is 2.26. The molecule has 3 nitrogen and oxygen atoms in total. The summed E-state index contributed by atoms with van der Waals surface area (Å²) in [4.78, 5) is 24.1. The Balaban J connectivity index is 2.08. The lowest BCUT2D eigenvalue weighted by Gasteiger charge is -2.08. The number of aryl methyl sites for hydroxylation is 2. The van der Waals surface area contributed by atoms with Crippen molar-refractivity contribution in [1.82, 2.24) is 4.57 Å². The molecule has 0 unspecified atom stereocenters. The molecule has 21 heavy (non-hydrogen) atoms. The summed E-state index contributed by atoms with van der Waals surface area (Å²) < 4.78 is 1.68. The second-order valence-electron chi connectivity index (χ2n) is 5.61. The van der Waals surface area contributed by atoms with Crippen LogP contribution in [0.4, 0.5) is 0 Å². The molecule has 3 heteroatoms. The van der Waals surface area contributed by atoms with Crippen molar-refractivity contribution in [1.29, 1.82) is 0 Å². The topological polar surface area (TPSA) is 39.1 Å². The number of carbonyl (C=O) groups excluding carboxylic acids is 1. The summed E-state index contributed by atoms with van der Waals surface area (Å²) in [5.74, 6) is -0.170. The van der Waals surface area contributed by atoms with E-state index in [2.05, 4.69) is 31.2 Å². The van der Waals surface area contributed by atoms with Gasteiger partial charge in [0.15, 0.2) is 5.78 Å². The predicted octanol–water partition coefficient (Wildman–Crippen LogP) is 3.22. The number of benzene rings is 1. The maximum absolute atomic E-state index is 12.5. The van der Waals surface area contributed by atoms with Gasteiger partial charge in [-0.2, -0.15) is 0 Å². The third kappa shape index (κ3) is 2.25. The maximum atomic E-state index is 12.5. The van der Waals surface area contributed by atoms with Crippen molar-refractivity contribution in [2.45, 2.75) is 27.3 Å². The van der Waals surface area contributed by atoms with Crippen LogP contribution in [-0.4, -0.2) is 10.4 Å². The van der Waals surface area contributed by atoms with Crippen molar-refractivity contribution in [3.63, 3.8) is 0 Å². The molecule has 2 aromatic rings. The van der Waals surface area contributed by atoms with Crippen LogP contribution in [0.25, 0.3) is 11.6 Å². The fourth-order valence-corrected chi connectivity index (χ4v) is 2.84. The fourth-order valence-electron chi connectivity index (χ4n) is 2.84. The summed E-state index contributed by atoms with van der Waals surface area (Å²) in [6, 6.07) is 10.2. The van der Waals surface area contributed by atoms with E-state index in [1.165, 1.54) is 12.5 Å². The van der Waals surface area contributed by atoms with E-state index in [1.807, 2.05) is 19.1 Å². The Morgan fingerprint density at radius 1 is 1.14 bits per heavy atom. The molecule has 0 saturated carbocycles. The summed E-state index contributed by atoms with van der Waals surface area (Å²) in [7, 11) is 0. The van der Waals surface area contributed by atoms with Crippen LogP contribution in [-0.2, 0) is 6.54 Å². The zero-order valence-corrected chi connectivity index (χ0v) is 12.4. The van der Waals surface area contributed by atoms with Crippen molar-refractivity contribution >= 4 is 17.4 Å². The minimum absolute atomic E-state index is 0.170. The molecule has 0 amide bonds. The fraction of sp³-hybridized carbons (Fsp3) is 0.222. The van der Waals surface area contributed by atoms with Gasteiger partial charge in [0.25, 0.3) is 5.56 Å². The summed E-state index contributed by atoms with van der Waals surface area (Å²) in [6.07, 6.45) is 2.03. The third-order valence-electron chi connectivity index (χ3n) is 3.95. The van der Waals surface area contributed by atoms with Crippen molar-refractivity contribution in [2.75, 3.05) is 0 Å². The maximum Gasteiger partial charge on any atom is 0.262 e. The van der Waals surface area contributed by atoms with E-state index in [1.54, 1.807) is 4.57 Å². The van der Waals surface area contributed by atoms with E-state index in [0.29, 0.717) is 12.1 Å². The highest BCUT2D eigenvalue weighted by atomic mass is 16.1. The van der Waals surface area contributed by atoms with Crippen molar-refractivity contribution < 1.29 is 4.79 Å². The molecule has 0 radical (unpaired) electrons. The van der Waals surface area contributed by atoms with E-state index >= 15 is 0 Å². The molecule has 0 saturated heterocycles. The standard InChI is InChI=1S/C18H17NO2/c1-11-4-6-14(7-5-11)15-9-16-8-12(2)17(13(3)20)18(21)19(16)10-15/h4-9H,10H2,1-3H3. The quantitative estimate of drug-likeness (QED) is 0.792. The number of rotatable bonds is 2. The Morgan fingerprint density at radius 3 is 2.43 bits per heavy atom. The van der Waals surface area contributed by atoms with E-state index in [0.717, 1.165) is 22.4 Å². The Morgan fingerprint density at radius 2 is 1.81 bits per heavy atom. The highest BCUT2D eigenvalue weighted by Gasteiger charge is 2.20. The second-order valence-corrected chi connectivity index (χ2v) is 5.61. The molecule has 0 bridgehead atoms. The first-order chi connectivity index (χ1) is 9.97. The number of allylic oxidation sites excluding steroid dienone is 1. The summed E-state index contributed by atoms with van der Waals surface area (Å²) >= 11 is 0. The molecule has 0 aliphatic carbocycles. The third-order valence-corrected chi connectivity index (χ3v) is 3.95. The minimum atomic E-state index is -0.184. The van der Waals surface area contributed by atoms with Gasteiger partial charge in [-0.05, 0) is 49.6 Å². The first-order valence-corrected chi connectivity index (χ1v) is 7.00. The van der Waals surface area contributed by atoms with E-state index in [9.17, 15) is 9.59 Å². The van der Waals surface area contributed by atoms with Crippen LogP contribution in [0.3, 0.4) is 0 Å². The number of carbonyl (C=O) groups is 1. The molecule has 0 spiro atoms. The second kappa shape index (κ2) is 4.85. The van der Waals surface area contributed by atoms with Crippen molar-refractivity contribution in [3.8, 4) is 0 Å². The average Bonchev–Trinajstić information content (AvgIpc) is 2.83. The molecule has 1 aliphatic rings. The van der Waals surface area contributed by atoms with E-state index in [-0.39, 0.29) is 11.3 Å². The first kappa shape index (κ1) is 13.6. The normalized spacial score (nSPS) is 13.0. The molecule has 0 N–H and O–H groups in total. The smallest absolute Gasteiger partial charge is 0.262 e. The van der Waals surface area contributed by atoms with Gasteiger partial charge in [-0.15, -0.1) is 0 Å². The van der Waals surface area contributed by atoms with Gasteiger partial charge >= 0.3 is 0 Å². The van der Waals surface area contributed by atoms with Crippen molar-refractivity contribution in [2.24, 2.45) is 0 Å². The molecule has 1 aliphatic heterocycles. The zero-order chi connectivity index (χ0) is 15.1. The molecule has 2 heterocycles. The van der Waals surface area contributed by atoms with Gasteiger partial charge in [-0.1, -0.05) is 29.8 Å². The van der Waals surface area contributed by atoms with Crippen LogP contribution < -0.4 is 5.56 Å². The molecule has 1 aromatic carbocycles. The molecule has 1 aromatic heterocycles. The summed E-state index contributed by atoms with van der Waals surface area (Å²) in [5.41, 5.74) is 5.17. The lowest BCUT2D eigenvalue weighted by molar-refractivity contribution is 0.101. The van der Waals surface area contributed by atoms with Gasteiger partial charge in [0.1, 0.15) is 0 Å². The molecule has 3 rings (SSSR count). The number of Topliss-reactive ketones (excluding diaryl/α,β-unsaturated/α-hetero) is 1. The zero-order valence-electron chi connectivity index (χ0n) is 12.4. The monoisotopic (exact) mass is 279 g/mol. The molecule has 106 valence electrons. The van der Waals surface area contributed by atoms with Crippen LogP contribution in [0.5, 0.6) is 0 Å². The summed E-state index contributed by atoms with van der Waals surface area (Å²) in [5, 5.41) is 0. The lowest BCUT2D eigenvalue weighted by Crippen LogP contribution is -2.27. The van der Waals surface area contributed by atoms with E-state index < -0.39 is 0 Å². The van der Waals surface area contributed by atoms with Crippen LogP contribution >= 0.6 is 0 Å². The van der Waals surface area contributed by atoms with Gasteiger partial charge in [0.05, 0.1) is 12.1 Å². The van der Waals surface area contributed by atoms with Gasteiger partial charge in [-0.3, -0.25) is 9.59 Å². The van der Waals surface area contributed by atoms with Crippen LogP contribution in [0.2, 0.25) is 0 Å². The van der Waals surface area contributed by atoms with E-state index in [4.69, 9.17) is 0 Å². The highest BCUT2D eigenvalue weighted by molar-refractivity contribution is 5.96. The average molecular weight is 279 g/mol. The number of pyridine rings is 1. The molecule has 0 fully saturated rings. The number of ketones is 1. The predicted molar refractivity (Wildman–Crippen MR) is 84.5 cm³/mol. The Labute approximate surface area is 123 Å². The number of fused-ring (bicyclic) bond motifs is 1. The number of nitrogens with zero attached hydrogens (tertiary/aromatic N) is 1. The lowest BCUT2D eigenvalue weighted by atomic mass is 10.0. The number of hydrogen-bond acceptors (Lipinski definition) is 2.